The van der Waals surface area contributed by atoms with Crippen LogP contribution in [0.15, 0.2) is 79.0 Å². The van der Waals surface area contributed by atoms with Crippen molar-refractivity contribution in [3.05, 3.63) is 102 Å². The predicted molar refractivity (Wildman–Crippen MR) is 99.9 cm³/mol. The zero-order chi connectivity index (χ0) is 17.7. The molecule has 0 bridgehead atoms. The number of rotatable bonds is 2. The molecule has 3 nitrogen and oxygen atoms in total. The van der Waals surface area contributed by atoms with Crippen molar-refractivity contribution < 1.29 is 9.18 Å². The zero-order valence-corrected chi connectivity index (χ0v) is 13.8. The van der Waals surface area contributed by atoms with Crippen molar-refractivity contribution in [1.29, 1.82) is 0 Å². The van der Waals surface area contributed by atoms with Crippen LogP contribution >= 0.6 is 0 Å². The van der Waals surface area contributed by atoms with Gasteiger partial charge in [0.15, 0.2) is 11.3 Å². The van der Waals surface area contributed by atoms with Crippen molar-refractivity contribution in [2.24, 2.45) is 0 Å². The van der Waals surface area contributed by atoms with Crippen LogP contribution in [0.25, 0.3) is 10.9 Å². The Kier molecular flexibility index (Phi) is 3.04. The highest BCUT2D eigenvalue weighted by Crippen LogP contribution is 2.46. The lowest BCUT2D eigenvalue weighted by Crippen LogP contribution is -2.39. The minimum absolute atomic E-state index is 0.0801. The molecule has 5 rings (SSSR count). The largest absolute Gasteiger partial charge is 0.365 e. The van der Waals surface area contributed by atoms with Crippen molar-refractivity contribution in [2.75, 3.05) is 5.32 Å². The fourth-order valence-corrected chi connectivity index (χ4v) is 3.92. The summed E-state index contributed by atoms with van der Waals surface area (Å²) in [4.78, 5) is 16.7. The van der Waals surface area contributed by atoms with E-state index in [-0.39, 0.29) is 11.6 Å². The van der Waals surface area contributed by atoms with Gasteiger partial charge in [-0.3, -0.25) is 4.79 Å². The van der Waals surface area contributed by atoms with Crippen LogP contribution in [0.1, 0.15) is 21.5 Å². The SMILES string of the molecule is O=C1c2ccccc2NC1(c1ccccc1)c1c[nH]c2cccc(F)c12. The molecule has 0 radical (unpaired) electrons. The van der Waals surface area contributed by atoms with Crippen LogP contribution in [0.4, 0.5) is 10.1 Å². The van der Waals surface area contributed by atoms with Crippen LogP contribution in [0.3, 0.4) is 0 Å². The van der Waals surface area contributed by atoms with E-state index in [0.29, 0.717) is 22.0 Å². The number of ketones is 1. The Labute approximate surface area is 149 Å². The van der Waals surface area contributed by atoms with Crippen molar-refractivity contribution >= 4 is 22.4 Å². The number of benzene rings is 3. The van der Waals surface area contributed by atoms with E-state index in [1.54, 1.807) is 18.3 Å². The lowest BCUT2D eigenvalue weighted by atomic mass is 9.79. The maximum atomic E-state index is 14.7. The Hall–Kier alpha value is -3.40. The number of halogens is 1. The maximum Gasteiger partial charge on any atom is 0.199 e. The Morgan fingerprint density at radius 2 is 1.62 bits per heavy atom. The molecule has 0 fully saturated rings. The van der Waals surface area contributed by atoms with Gasteiger partial charge in [-0.2, -0.15) is 0 Å². The van der Waals surface area contributed by atoms with Gasteiger partial charge in [-0.1, -0.05) is 48.5 Å². The van der Waals surface area contributed by atoms with E-state index in [4.69, 9.17) is 0 Å². The minimum Gasteiger partial charge on any atom is -0.365 e. The number of Topliss-reactive ketones (excluding diaryl/α,β-unsaturated/α-hetero) is 1. The first-order valence-electron chi connectivity index (χ1n) is 8.45. The Morgan fingerprint density at radius 3 is 2.42 bits per heavy atom. The normalized spacial score (nSPS) is 18.7. The summed E-state index contributed by atoms with van der Waals surface area (Å²) in [5, 5.41) is 3.83. The number of H-pyrrole nitrogens is 1. The van der Waals surface area contributed by atoms with Crippen molar-refractivity contribution in [3.8, 4) is 0 Å². The van der Waals surface area contributed by atoms with Crippen LogP contribution in [0, 0.1) is 5.82 Å². The van der Waals surface area contributed by atoms with Crippen molar-refractivity contribution in [3.63, 3.8) is 0 Å². The second-order valence-electron chi connectivity index (χ2n) is 6.48. The third-order valence-corrected chi connectivity index (χ3v) is 5.10. The number of hydrogen-bond donors (Lipinski definition) is 2. The fourth-order valence-electron chi connectivity index (χ4n) is 3.92. The highest BCUT2D eigenvalue weighted by molar-refractivity contribution is 6.17. The molecule has 2 N–H and O–H groups in total. The number of hydrogen-bond acceptors (Lipinski definition) is 2. The highest BCUT2D eigenvalue weighted by Gasteiger charge is 2.49. The summed E-state index contributed by atoms with van der Waals surface area (Å²) in [5.41, 5.74) is 2.25. The summed E-state index contributed by atoms with van der Waals surface area (Å²) in [5.74, 6) is -0.428. The Bertz CT molecular complexity index is 1150. The molecule has 0 amide bonds. The quantitative estimate of drug-likeness (QED) is 0.546. The summed E-state index contributed by atoms with van der Waals surface area (Å²) in [6, 6.07) is 21.8. The van der Waals surface area contributed by atoms with Gasteiger partial charge in [-0.15, -0.1) is 0 Å². The number of carbonyl (C=O) groups is 1. The number of fused-ring (bicyclic) bond motifs is 2. The first-order chi connectivity index (χ1) is 12.7. The van der Waals surface area contributed by atoms with E-state index in [1.165, 1.54) is 6.07 Å². The van der Waals surface area contributed by atoms with E-state index >= 15 is 0 Å². The van der Waals surface area contributed by atoms with Gasteiger partial charge in [0.1, 0.15) is 5.82 Å². The van der Waals surface area contributed by atoms with Crippen molar-refractivity contribution in [1.82, 2.24) is 4.98 Å². The molecule has 4 heteroatoms. The standard InChI is InChI=1S/C22H15FN2O/c23-17-10-6-12-19-20(17)16(13-24-19)22(14-7-2-1-3-8-14)21(26)15-9-4-5-11-18(15)25-22/h1-13,24-25H. The van der Waals surface area contributed by atoms with E-state index in [9.17, 15) is 9.18 Å². The van der Waals surface area contributed by atoms with E-state index in [1.807, 2.05) is 54.6 Å². The van der Waals surface area contributed by atoms with Gasteiger partial charge >= 0.3 is 0 Å². The van der Waals surface area contributed by atoms with Crippen molar-refractivity contribution in [2.45, 2.75) is 5.54 Å². The summed E-state index contributed by atoms with van der Waals surface area (Å²) in [6.07, 6.45) is 1.73. The zero-order valence-electron chi connectivity index (χ0n) is 13.8. The van der Waals surface area contributed by atoms with Crippen LogP contribution in [-0.4, -0.2) is 10.8 Å². The van der Waals surface area contributed by atoms with Gasteiger partial charge in [-0.05, 0) is 29.8 Å². The van der Waals surface area contributed by atoms with Crippen LogP contribution in [0.2, 0.25) is 0 Å². The maximum absolute atomic E-state index is 14.7. The van der Waals surface area contributed by atoms with Gasteiger partial charge in [0.05, 0.1) is 0 Å². The van der Waals surface area contributed by atoms with E-state index in [0.717, 1.165) is 11.3 Å². The number of nitrogens with one attached hydrogen (secondary N) is 2. The minimum atomic E-state index is -1.16. The topological polar surface area (TPSA) is 44.9 Å². The number of anilines is 1. The molecule has 0 spiro atoms. The van der Waals surface area contributed by atoms with Crippen LogP contribution in [0.5, 0.6) is 0 Å². The van der Waals surface area contributed by atoms with Crippen LogP contribution < -0.4 is 5.32 Å². The molecule has 2 heterocycles. The third kappa shape index (κ3) is 1.84. The van der Waals surface area contributed by atoms with Crippen LogP contribution in [-0.2, 0) is 5.54 Å². The van der Waals surface area contributed by atoms with Gasteiger partial charge < -0.3 is 10.3 Å². The summed E-state index contributed by atoms with van der Waals surface area (Å²) in [6.45, 7) is 0. The summed E-state index contributed by atoms with van der Waals surface area (Å²) < 4.78 is 14.7. The second kappa shape index (κ2) is 5.30. The number of para-hydroxylation sites is 1. The number of aromatic amines is 1. The van der Waals surface area contributed by atoms with E-state index < -0.39 is 5.54 Å². The average Bonchev–Trinajstić information content (AvgIpc) is 3.24. The third-order valence-electron chi connectivity index (χ3n) is 5.10. The molecule has 3 aromatic carbocycles. The molecule has 0 saturated carbocycles. The molecule has 26 heavy (non-hydrogen) atoms. The molecule has 1 unspecified atom stereocenters. The van der Waals surface area contributed by atoms with Gasteiger partial charge in [0.2, 0.25) is 0 Å². The summed E-state index contributed by atoms with van der Waals surface area (Å²) in [7, 11) is 0. The Balaban J connectivity index is 1.87. The molecule has 1 aromatic heterocycles. The Morgan fingerprint density at radius 1 is 0.846 bits per heavy atom. The highest BCUT2D eigenvalue weighted by atomic mass is 19.1. The number of aromatic nitrogens is 1. The first kappa shape index (κ1) is 14.9. The fraction of sp³-hybridized carbons (Fsp3) is 0.0455. The van der Waals surface area contributed by atoms with E-state index in [2.05, 4.69) is 10.3 Å². The molecule has 0 aliphatic carbocycles. The van der Waals surface area contributed by atoms with Gasteiger partial charge in [0, 0.05) is 33.9 Å². The molecule has 1 aliphatic heterocycles. The molecular weight excluding hydrogens is 327 g/mol. The summed E-state index contributed by atoms with van der Waals surface area (Å²) >= 11 is 0. The molecule has 126 valence electrons. The second-order valence-corrected chi connectivity index (χ2v) is 6.48. The number of carbonyl (C=O) groups excluding carboxylic acids is 1. The molecule has 1 aliphatic rings. The average molecular weight is 342 g/mol. The monoisotopic (exact) mass is 342 g/mol. The van der Waals surface area contributed by atoms with Gasteiger partial charge in [-0.25, -0.2) is 4.39 Å². The predicted octanol–water partition coefficient (Wildman–Crippen LogP) is 4.86. The molecule has 4 aromatic rings. The smallest absolute Gasteiger partial charge is 0.199 e. The molecular formula is C22H15FN2O. The first-order valence-corrected chi connectivity index (χ1v) is 8.45. The lowest BCUT2D eigenvalue weighted by molar-refractivity contribution is 0.0941. The van der Waals surface area contributed by atoms with Gasteiger partial charge in [0.25, 0.3) is 0 Å². The lowest BCUT2D eigenvalue weighted by Gasteiger charge is -2.29. The molecule has 0 saturated heterocycles. The molecule has 1 atom stereocenters.